The zero-order valence-corrected chi connectivity index (χ0v) is 14.7. The number of nitrogens with zero attached hydrogens (tertiary/aromatic N) is 1. The quantitative estimate of drug-likeness (QED) is 0.676. The fraction of sp³-hybridized carbons (Fsp3) is 0.158. The molecule has 1 heterocycles. The number of halogens is 2. The van der Waals surface area contributed by atoms with Gasteiger partial charge in [0.2, 0.25) is 5.91 Å². The van der Waals surface area contributed by atoms with Crippen molar-refractivity contribution in [1.82, 2.24) is 5.16 Å². The van der Waals surface area contributed by atoms with Crippen LogP contribution in [0.25, 0.3) is 11.3 Å². The first-order valence-corrected chi connectivity index (χ1v) is 8.67. The van der Waals surface area contributed by atoms with E-state index in [1.165, 1.54) is 12.1 Å². The zero-order chi connectivity index (χ0) is 17.4. The molecule has 2 aromatic carbocycles. The molecule has 1 fully saturated rings. The SMILES string of the molecule is O=C(Nc1ccc(Br)cc1F)C1(c2cc(-c3ccccc3)on2)CC1. The number of hydrogen-bond donors (Lipinski definition) is 1. The van der Waals surface area contributed by atoms with E-state index < -0.39 is 11.2 Å². The number of rotatable bonds is 4. The molecule has 1 aliphatic rings. The van der Waals surface area contributed by atoms with Crippen LogP contribution in [0.2, 0.25) is 0 Å². The van der Waals surface area contributed by atoms with Gasteiger partial charge in [0.15, 0.2) is 5.76 Å². The Morgan fingerprint density at radius 1 is 1.16 bits per heavy atom. The van der Waals surface area contributed by atoms with Crippen molar-refractivity contribution in [2.75, 3.05) is 5.32 Å². The third-order valence-electron chi connectivity index (χ3n) is 4.42. The summed E-state index contributed by atoms with van der Waals surface area (Å²) in [5, 5.41) is 6.76. The molecule has 0 aliphatic heterocycles. The average molecular weight is 401 g/mol. The molecule has 1 aromatic heterocycles. The van der Waals surface area contributed by atoms with Gasteiger partial charge in [-0.2, -0.15) is 0 Å². The third kappa shape index (κ3) is 2.98. The average Bonchev–Trinajstić information content (AvgIpc) is 3.28. The lowest BCUT2D eigenvalue weighted by atomic mass is 10.00. The highest BCUT2D eigenvalue weighted by molar-refractivity contribution is 9.10. The predicted molar refractivity (Wildman–Crippen MR) is 95.6 cm³/mol. The van der Waals surface area contributed by atoms with Crippen LogP contribution in [-0.2, 0) is 10.2 Å². The largest absolute Gasteiger partial charge is 0.356 e. The molecule has 3 aromatic rings. The van der Waals surface area contributed by atoms with Gasteiger partial charge in [0, 0.05) is 16.1 Å². The van der Waals surface area contributed by atoms with Gasteiger partial charge in [-0.1, -0.05) is 51.4 Å². The molecule has 4 nitrogen and oxygen atoms in total. The number of carbonyl (C=O) groups is 1. The second-order valence-corrected chi connectivity index (χ2v) is 7.02. The Bertz CT molecular complexity index is 936. The molecule has 1 amide bonds. The van der Waals surface area contributed by atoms with Crippen molar-refractivity contribution in [3.8, 4) is 11.3 Å². The second kappa shape index (κ2) is 6.11. The molecule has 1 aliphatic carbocycles. The van der Waals surface area contributed by atoms with Crippen LogP contribution in [0.4, 0.5) is 10.1 Å². The molecule has 1 saturated carbocycles. The smallest absolute Gasteiger partial charge is 0.236 e. The van der Waals surface area contributed by atoms with Crippen LogP contribution in [0.3, 0.4) is 0 Å². The van der Waals surface area contributed by atoms with Crippen LogP contribution >= 0.6 is 15.9 Å². The van der Waals surface area contributed by atoms with Crippen molar-refractivity contribution in [3.05, 3.63) is 70.6 Å². The van der Waals surface area contributed by atoms with Crippen LogP contribution in [0.1, 0.15) is 18.5 Å². The highest BCUT2D eigenvalue weighted by Gasteiger charge is 2.54. The number of amides is 1. The van der Waals surface area contributed by atoms with Crippen molar-refractivity contribution in [2.45, 2.75) is 18.3 Å². The summed E-state index contributed by atoms with van der Waals surface area (Å²) in [7, 11) is 0. The predicted octanol–water partition coefficient (Wildman–Crippen LogP) is 4.91. The fourth-order valence-corrected chi connectivity index (χ4v) is 3.13. The molecule has 0 radical (unpaired) electrons. The Kier molecular flexibility index (Phi) is 3.92. The third-order valence-corrected chi connectivity index (χ3v) is 4.92. The van der Waals surface area contributed by atoms with Gasteiger partial charge in [-0.05, 0) is 31.0 Å². The minimum Gasteiger partial charge on any atom is -0.356 e. The molecule has 1 N–H and O–H groups in total. The first-order valence-electron chi connectivity index (χ1n) is 7.88. The van der Waals surface area contributed by atoms with Gasteiger partial charge in [-0.3, -0.25) is 4.79 Å². The van der Waals surface area contributed by atoms with Gasteiger partial charge >= 0.3 is 0 Å². The molecule has 0 atom stereocenters. The lowest BCUT2D eigenvalue weighted by molar-refractivity contribution is -0.118. The number of benzene rings is 2. The standard InChI is InChI=1S/C19H14BrFN2O2/c20-13-6-7-15(14(21)10-13)22-18(24)19(8-9-19)17-11-16(25-23-17)12-4-2-1-3-5-12/h1-7,10-11H,8-9H2,(H,22,24). The Morgan fingerprint density at radius 3 is 2.60 bits per heavy atom. The second-order valence-electron chi connectivity index (χ2n) is 6.10. The molecule has 0 unspecified atom stereocenters. The van der Waals surface area contributed by atoms with Crippen molar-refractivity contribution in [2.24, 2.45) is 0 Å². The van der Waals surface area contributed by atoms with Crippen molar-refractivity contribution in [3.63, 3.8) is 0 Å². The normalized spacial score (nSPS) is 15.0. The number of hydrogen-bond acceptors (Lipinski definition) is 3. The highest BCUT2D eigenvalue weighted by atomic mass is 79.9. The molecule has 6 heteroatoms. The van der Waals surface area contributed by atoms with Gasteiger partial charge in [-0.15, -0.1) is 0 Å². The summed E-state index contributed by atoms with van der Waals surface area (Å²) in [6.45, 7) is 0. The number of nitrogens with one attached hydrogen (secondary N) is 1. The number of aromatic nitrogens is 1. The molecule has 0 spiro atoms. The number of anilines is 1. The molecule has 4 rings (SSSR count). The summed E-state index contributed by atoms with van der Waals surface area (Å²) in [4.78, 5) is 12.7. The lowest BCUT2D eigenvalue weighted by Gasteiger charge is -2.13. The molecular weight excluding hydrogens is 387 g/mol. The van der Waals surface area contributed by atoms with Crippen molar-refractivity contribution >= 4 is 27.5 Å². The molecule has 0 bridgehead atoms. The zero-order valence-electron chi connectivity index (χ0n) is 13.1. The maximum absolute atomic E-state index is 14.0. The maximum Gasteiger partial charge on any atom is 0.236 e. The van der Waals surface area contributed by atoms with Gasteiger partial charge in [-0.25, -0.2) is 4.39 Å². The number of carbonyl (C=O) groups excluding carboxylic acids is 1. The van der Waals surface area contributed by atoms with E-state index >= 15 is 0 Å². The van der Waals surface area contributed by atoms with Crippen LogP contribution < -0.4 is 5.32 Å². The van der Waals surface area contributed by atoms with Crippen LogP contribution in [-0.4, -0.2) is 11.1 Å². The van der Waals surface area contributed by atoms with E-state index in [2.05, 4.69) is 26.4 Å². The topological polar surface area (TPSA) is 55.1 Å². The summed E-state index contributed by atoms with van der Waals surface area (Å²) in [6, 6.07) is 15.9. The van der Waals surface area contributed by atoms with E-state index in [0.29, 0.717) is 28.8 Å². The van der Waals surface area contributed by atoms with E-state index in [4.69, 9.17) is 4.52 Å². The molecule has 25 heavy (non-hydrogen) atoms. The lowest BCUT2D eigenvalue weighted by Crippen LogP contribution is -2.28. The van der Waals surface area contributed by atoms with Crippen molar-refractivity contribution < 1.29 is 13.7 Å². The molecule has 0 saturated heterocycles. The van der Waals surface area contributed by atoms with Gasteiger partial charge < -0.3 is 9.84 Å². The Morgan fingerprint density at radius 2 is 1.92 bits per heavy atom. The molecular formula is C19H14BrFN2O2. The summed E-state index contributed by atoms with van der Waals surface area (Å²) in [5.41, 5.74) is 0.903. The monoisotopic (exact) mass is 400 g/mol. The Balaban J connectivity index is 1.58. The van der Waals surface area contributed by atoms with Crippen LogP contribution in [0, 0.1) is 5.82 Å². The Hall–Kier alpha value is -2.47. The van der Waals surface area contributed by atoms with E-state index in [9.17, 15) is 9.18 Å². The van der Waals surface area contributed by atoms with Gasteiger partial charge in [0.05, 0.1) is 16.8 Å². The summed E-state index contributed by atoms with van der Waals surface area (Å²) < 4.78 is 20.0. The van der Waals surface area contributed by atoms with E-state index in [1.54, 1.807) is 12.1 Å². The van der Waals surface area contributed by atoms with Gasteiger partial charge in [0.1, 0.15) is 5.82 Å². The summed E-state index contributed by atoms with van der Waals surface area (Å²) in [6.07, 6.45) is 1.33. The maximum atomic E-state index is 14.0. The van der Waals surface area contributed by atoms with E-state index in [0.717, 1.165) is 5.56 Å². The highest BCUT2D eigenvalue weighted by Crippen LogP contribution is 2.49. The first kappa shape index (κ1) is 16.0. The molecule has 126 valence electrons. The summed E-state index contributed by atoms with van der Waals surface area (Å²) >= 11 is 3.20. The van der Waals surface area contributed by atoms with Crippen molar-refractivity contribution in [1.29, 1.82) is 0 Å². The van der Waals surface area contributed by atoms with E-state index in [1.807, 2.05) is 30.3 Å². The minimum atomic E-state index is -0.740. The summed E-state index contributed by atoms with van der Waals surface area (Å²) in [5.74, 6) is -0.130. The minimum absolute atomic E-state index is 0.159. The fourth-order valence-electron chi connectivity index (χ4n) is 2.80. The first-order chi connectivity index (χ1) is 12.1. The van der Waals surface area contributed by atoms with Crippen LogP contribution in [0.15, 0.2) is 63.6 Å². The Labute approximate surface area is 152 Å². The van der Waals surface area contributed by atoms with E-state index in [-0.39, 0.29) is 11.6 Å². The van der Waals surface area contributed by atoms with Gasteiger partial charge in [0.25, 0.3) is 0 Å². The van der Waals surface area contributed by atoms with Crippen LogP contribution in [0.5, 0.6) is 0 Å².